The molecule has 2 aromatic carbocycles. The van der Waals surface area contributed by atoms with Crippen LogP contribution in [0.5, 0.6) is 0 Å². The third-order valence-electron chi connectivity index (χ3n) is 5.40. The van der Waals surface area contributed by atoms with Crippen molar-refractivity contribution < 1.29 is 13.2 Å². The molecule has 3 heterocycles. The van der Waals surface area contributed by atoms with Crippen LogP contribution in [0.15, 0.2) is 70.9 Å². The normalized spacial score (nSPS) is 14.1. The Bertz CT molecular complexity index is 1430. The van der Waals surface area contributed by atoms with Crippen LogP contribution in [0.25, 0.3) is 10.6 Å². The van der Waals surface area contributed by atoms with E-state index in [9.17, 15) is 13.2 Å². The molecule has 1 aliphatic heterocycles. The largest absolute Gasteiger partial charge is 0.298 e. The van der Waals surface area contributed by atoms with Gasteiger partial charge in [0.05, 0.1) is 19.8 Å². The Labute approximate surface area is 204 Å². The number of anilines is 1. The fourth-order valence-corrected chi connectivity index (χ4v) is 6.87. The molecule has 0 unspecified atom stereocenters. The summed E-state index contributed by atoms with van der Waals surface area (Å²) in [4.78, 5) is 18.2. The number of nitrogens with one attached hydrogen (secondary N) is 1. The van der Waals surface area contributed by atoms with Gasteiger partial charge in [-0.2, -0.15) is 4.31 Å². The third-order valence-corrected chi connectivity index (χ3v) is 9.27. The lowest BCUT2D eigenvalue weighted by Gasteiger charge is -2.28. The molecule has 6 nitrogen and oxygen atoms in total. The first-order valence-electron chi connectivity index (χ1n) is 10.1. The van der Waals surface area contributed by atoms with E-state index in [1.165, 1.54) is 56.8 Å². The highest BCUT2D eigenvalue weighted by Crippen LogP contribution is 2.33. The second-order valence-corrected chi connectivity index (χ2v) is 12.0. The molecule has 5 rings (SSSR count). The highest BCUT2D eigenvalue weighted by Gasteiger charge is 2.28. The van der Waals surface area contributed by atoms with Crippen molar-refractivity contribution in [2.24, 2.45) is 0 Å². The lowest BCUT2D eigenvalue weighted by atomic mass is 10.0. The van der Waals surface area contributed by atoms with Crippen molar-refractivity contribution in [3.8, 4) is 10.6 Å². The number of hydrogen-bond donors (Lipinski definition) is 1. The molecule has 0 atom stereocenters. The molecule has 0 saturated carbocycles. The van der Waals surface area contributed by atoms with E-state index in [1.807, 2.05) is 35.7 Å². The molecule has 4 aromatic rings. The van der Waals surface area contributed by atoms with Crippen LogP contribution < -0.4 is 5.32 Å². The summed E-state index contributed by atoms with van der Waals surface area (Å²) in [6.07, 6.45) is 0.684. The van der Waals surface area contributed by atoms with E-state index in [4.69, 9.17) is 11.6 Å². The molecule has 1 amide bonds. The highest BCUT2D eigenvalue weighted by molar-refractivity contribution is 7.89. The lowest BCUT2D eigenvalue weighted by molar-refractivity contribution is 0.102. The van der Waals surface area contributed by atoms with Crippen LogP contribution in [0.4, 0.5) is 5.13 Å². The first-order chi connectivity index (χ1) is 15.9. The minimum Gasteiger partial charge on any atom is -0.298 e. The zero-order valence-corrected chi connectivity index (χ0v) is 20.4. The summed E-state index contributed by atoms with van der Waals surface area (Å²) in [6.45, 7) is 0.784. The minimum absolute atomic E-state index is 0.171. The molecule has 0 spiro atoms. The molecule has 0 fully saturated rings. The highest BCUT2D eigenvalue weighted by atomic mass is 35.5. The summed E-state index contributed by atoms with van der Waals surface area (Å²) in [7, 11) is -3.65. The number of sulfonamides is 1. The van der Waals surface area contributed by atoms with E-state index in [0.29, 0.717) is 34.5 Å². The second kappa shape index (κ2) is 9.00. The number of hydrogen-bond acceptors (Lipinski definition) is 6. The number of nitrogens with zero attached hydrogens (tertiary/aromatic N) is 2. The number of halogens is 1. The molecule has 0 saturated heterocycles. The average molecular weight is 516 g/mol. The van der Waals surface area contributed by atoms with E-state index in [0.717, 1.165) is 16.1 Å². The Kier molecular flexibility index (Phi) is 6.07. The second-order valence-electron chi connectivity index (χ2n) is 7.48. The SMILES string of the molecule is O=C(Nc1nc(-c2ccc(Cl)s2)cs1)c1ccc(S(=O)(=O)N2CCc3ccccc3C2)cc1. The first-order valence-corrected chi connectivity index (χ1v) is 13.6. The predicted molar refractivity (Wildman–Crippen MR) is 133 cm³/mol. The minimum atomic E-state index is -3.65. The number of benzene rings is 2. The summed E-state index contributed by atoms with van der Waals surface area (Å²) in [6, 6.07) is 17.6. The molecular formula is C23H18ClN3O3S3. The Morgan fingerprint density at radius 2 is 1.79 bits per heavy atom. The molecule has 0 radical (unpaired) electrons. The van der Waals surface area contributed by atoms with E-state index >= 15 is 0 Å². The Morgan fingerprint density at radius 1 is 1.03 bits per heavy atom. The van der Waals surface area contributed by atoms with Crippen LogP contribution >= 0.6 is 34.3 Å². The molecule has 10 heteroatoms. The van der Waals surface area contributed by atoms with Gasteiger partial charge in [0.25, 0.3) is 5.91 Å². The summed E-state index contributed by atoms with van der Waals surface area (Å²) >= 11 is 8.71. The maximum atomic E-state index is 13.1. The van der Waals surface area contributed by atoms with E-state index in [2.05, 4.69) is 10.3 Å². The number of thiazole rings is 1. The molecule has 1 aliphatic rings. The number of amides is 1. The number of thiophene rings is 1. The standard InChI is InChI=1S/C23H18ClN3O3S3/c24-21-10-9-20(32-21)19-14-31-23(25-19)26-22(28)16-5-7-18(8-6-16)33(29,30)27-12-11-15-3-1-2-4-17(15)13-27/h1-10,14H,11-13H2,(H,25,26,28). The van der Waals surface area contributed by atoms with Gasteiger partial charge in [0.2, 0.25) is 10.0 Å². The van der Waals surface area contributed by atoms with E-state index in [-0.39, 0.29) is 10.8 Å². The fourth-order valence-electron chi connectivity index (χ4n) is 3.67. The van der Waals surface area contributed by atoms with Crippen LogP contribution in [0.3, 0.4) is 0 Å². The molecule has 1 N–H and O–H groups in total. The van der Waals surface area contributed by atoms with Gasteiger partial charge in [0.15, 0.2) is 5.13 Å². The summed E-state index contributed by atoms with van der Waals surface area (Å²) in [5.74, 6) is -0.351. The van der Waals surface area contributed by atoms with Gasteiger partial charge in [-0.05, 0) is 53.9 Å². The maximum absolute atomic E-state index is 13.1. The number of rotatable bonds is 5. The molecule has 2 aromatic heterocycles. The van der Waals surface area contributed by atoms with Crippen LogP contribution in [-0.4, -0.2) is 30.2 Å². The molecule has 168 valence electrons. The number of fused-ring (bicyclic) bond motifs is 1. The van der Waals surface area contributed by atoms with Crippen molar-refractivity contribution in [3.05, 3.63) is 87.1 Å². The van der Waals surface area contributed by atoms with Crippen molar-refractivity contribution in [1.82, 2.24) is 9.29 Å². The van der Waals surface area contributed by atoms with Crippen LogP contribution in [-0.2, 0) is 23.0 Å². The van der Waals surface area contributed by atoms with Gasteiger partial charge >= 0.3 is 0 Å². The van der Waals surface area contributed by atoms with Gasteiger partial charge in [0.1, 0.15) is 0 Å². The van der Waals surface area contributed by atoms with Crippen molar-refractivity contribution in [2.45, 2.75) is 17.9 Å². The fraction of sp³-hybridized carbons (Fsp3) is 0.130. The third kappa shape index (κ3) is 4.60. The van der Waals surface area contributed by atoms with Crippen molar-refractivity contribution >= 4 is 55.3 Å². The Hall–Kier alpha value is -2.56. The van der Waals surface area contributed by atoms with Gasteiger partial charge in [0, 0.05) is 24.0 Å². The van der Waals surface area contributed by atoms with E-state index < -0.39 is 10.0 Å². The molecular weight excluding hydrogens is 498 g/mol. The smallest absolute Gasteiger partial charge is 0.257 e. The molecule has 0 aliphatic carbocycles. The summed E-state index contributed by atoms with van der Waals surface area (Å²) in [5, 5.41) is 5.08. The lowest BCUT2D eigenvalue weighted by Crippen LogP contribution is -2.35. The van der Waals surface area contributed by atoms with Crippen LogP contribution in [0.1, 0.15) is 21.5 Å². The topological polar surface area (TPSA) is 79.4 Å². The van der Waals surface area contributed by atoms with Crippen LogP contribution in [0, 0.1) is 0 Å². The van der Waals surface area contributed by atoms with Crippen LogP contribution in [0.2, 0.25) is 4.34 Å². The number of aromatic nitrogens is 1. The molecule has 0 bridgehead atoms. The van der Waals surface area contributed by atoms with E-state index in [1.54, 1.807) is 6.07 Å². The monoisotopic (exact) mass is 515 g/mol. The average Bonchev–Trinajstić information content (AvgIpc) is 3.47. The zero-order chi connectivity index (χ0) is 23.0. The summed E-state index contributed by atoms with van der Waals surface area (Å²) in [5.41, 5.74) is 3.31. The Balaban J connectivity index is 1.28. The quantitative estimate of drug-likeness (QED) is 0.379. The first kappa shape index (κ1) is 22.2. The van der Waals surface area contributed by atoms with Gasteiger partial charge in [-0.3, -0.25) is 10.1 Å². The summed E-state index contributed by atoms with van der Waals surface area (Å²) < 4.78 is 28.4. The van der Waals surface area contributed by atoms with Gasteiger partial charge in [-0.25, -0.2) is 13.4 Å². The zero-order valence-electron chi connectivity index (χ0n) is 17.2. The van der Waals surface area contributed by atoms with Crippen molar-refractivity contribution in [3.63, 3.8) is 0 Å². The van der Waals surface area contributed by atoms with Gasteiger partial charge in [-0.1, -0.05) is 35.9 Å². The van der Waals surface area contributed by atoms with Gasteiger partial charge < -0.3 is 0 Å². The maximum Gasteiger partial charge on any atom is 0.257 e. The predicted octanol–water partition coefficient (Wildman–Crippen LogP) is 5.52. The van der Waals surface area contributed by atoms with Gasteiger partial charge in [-0.15, -0.1) is 22.7 Å². The van der Waals surface area contributed by atoms with Crippen molar-refractivity contribution in [1.29, 1.82) is 0 Å². The van der Waals surface area contributed by atoms with Crippen molar-refractivity contribution in [2.75, 3.05) is 11.9 Å². The number of carbonyl (C=O) groups excluding carboxylic acids is 1. The Morgan fingerprint density at radius 3 is 2.52 bits per heavy atom. The molecule has 33 heavy (non-hydrogen) atoms. The number of carbonyl (C=O) groups is 1.